The smallest absolute Gasteiger partial charge is 0.251 e. The molecule has 1 saturated carbocycles. The summed E-state index contributed by atoms with van der Waals surface area (Å²) in [6.07, 6.45) is -2.83. The molecule has 8 atom stereocenters. The minimum absolute atomic E-state index is 0.284. The number of nitrogens with one attached hydrogen (secondary N) is 2. The summed E-state index contributed by atoms with van der Waals surface area (Å²) in [5.41, 5.74) is -0.259. The van der Waals surface area contributed by atoms with Crippen LogP contribution in [0.5, 0.6) is 0 Å². The van der Waals surface area contributed by atoms with Crippen LogP contribution < -0.4 is 10.6 Å². The molecule has 6 N–H and O–H groups in total. The van der Waals surface area contributed by atoms with Crippen molar-refractivity contribution < 1.29 is 34.8 Å². The van der Waals surface area contributed by atoms with Crippen LogP contribution in [0.2, 0.25) is 10.0 Å². The molecule has 0 spiro atoms. The zero-order valence-electron chi connectivity index (χ0n) is 20.2. The Balaban J connectivity index is 1.42. The highest BCUT2D eigenvalue weighted by atomic mass is 35.5. The van der Waals surface area contributed by atoms with Crippen LogP contribution in [0.3, 0.4) is 0 Å². The van der Waals surface area contributed by atoms with E-state index < -0.39 is 59.7 Å². The first-order chi connectivity index (χ1) is 18.2. The Morgan fingerprint density at radius 3 is 1.95 bits per heavy atom. The maximum Gasteiger partial charge on any atom is 0.251 e. The number of carbonyl (C=O) groups is 2. The third kappa shape index (κ3) is 6.81. The lowest BCUT2D eigenvalue weighted by atomic mass is 9.91. The van der Waals surface area contributed by atoms with Gasteiger partial charge in [0.2, 0.25) is 0 Å². The number of thioether (sulfide) groups is 1. The Bertz CT molecular complexity index is 1110. The van der Waals surface area contributed by atoms with Crippen molar-refractivity contribution in [3.05, 3.63) is 69.7 Å². The van der Waals surface area contributed by atoms with Crippen molar-refractivity contribution in [2.24, 2.45) is 0 Å². The van der Waals surface area contributed by atoms with Crippen LogP contribution in [0.25, 0.3) is 0 Å². The number of ether oxygens (including phenoxy) is 1. The number of amides is 2. The molecule has 2 aromatic carbocycles. The van der Waals surface area contributed by atoms with E-state index in [-0.39, 0.29) is 11.5 Å². The predicted molar refractivity (Wildman–Crippen MR) is 144 cm³/mol. The van der Waals surface area contributed by atoms with E-state index in [0.717, 1.165) is 11.8 Å². The Morgan fingerprint density at radius 2 is 1.39 bits per heavy atom. The van der Waals surface area contributed by atoms with Gasteiger partial charge in [-0.05, 0) is 61.4 Å². The lowest BCUT2D eigenvalue weighted by molar-refractivity contribution is -0.164. The lowest BCUT2D eigenvalue weighted by Crippen LogP contribution is -2.64. The molecule has 12 heteroatoms. The number of halogens is 2. The molecular formula is C26H30Cl2N2O7S. The van der Waals surface area contributed by atoms with E-state index in [1.807, 2.05) is 0 Å². The van der Waals surface area contributed by atoms with Crippen molar-refractivity contribution in [3.8, 4) is 0 Å². The predicted octanol–water partition coefficient (Wildman–Crippen LogP) is 1.98. The Hall–Kier alpha value is -1.89. The molecule has 9 nitrogen and oxygen atoms in total. The molecule has 2 fully saturated rings. The van der Waals surface area contributed by atoms with Gasteiger partial charge in [0.1, 0.15) is 23.7 Å². The molecular weight excluding hydrogens is 555 g/mol. The van der Waals surface area contributed by atoms with Gasteiger partial charge in [-0.1, -0.05) is 29.6 Å². The summed E-state index contributed by atoms with van der Waals surface area (Å²) in [4.78, 5) is 25.4. The van der Waals surface area contributed by atoms with E-state index in [2.05, 4.69) is 10.6 Å². The minimum Gasteiger partial charge on any atom is -0.394 e. The van der Waals surface area contributed by atoms with Gasteiger partial charge in [0.05, 0.1) is 24.8 Å². The van der Waals surface area contributed by atoms with Crippen molar-refractivity contribution in [2.45, 2.75) is 66.4 Å². The minimum atomic E-state index is -1.37. The summed E-state index contributed by atoms with van der Waals surface area (Å²) in [5.74, 6) is -0.867. The molecule has 2 aliphatic rings. The topological polar surface area (TPSA) is 148 Å². The molecule has 1 saturated heterocycles. The van der Waals surface area contributed by atoms with Crippen molar-refractivity contribution in [1.82, 2.24) is 10.6 Å². The average Bonchev–Trinajstić information content (AvgIpc) is 2.91. The molecule has 2 aromatic rings. The Kier molecular flexibility index (Phi) is 9.94. The van der Waals surface area contributed by atoms with Gasteiger partial charge in [0.15, 0.2) is 0 Å². The van der Waals surface area contributed by atoms with E-state index in [4.69, 9.17) is 27.9 Å². The number of hydrogen-bond donors (Lipinski definition) is 6. The number of rotatable bonds is 7. The van der Waals surface area contributed by atoms with Crippen molar-refractivity contribution in [3.63, 3.8) is 0 Å². The van der Waals surface area contributed by atoms with E-state index in [1.54, 1.807) is 36.4 Å². The van der Waals surface area contributed by atoms with Gasteiger partial charge >= 0.3 is 0 Å². The van der Waals surface area contributed by atoms with Crippen LogP contribution in [0, 0.1) is 0 Å². The molecule has 1 heterocycles. The number of carbonyl (C=O) groups excluding carboxylic acids is 2. The first-order valence-corrected chi connectivity index (χ1v) is 14.0. The Labute approximate surface area is 234 Å². The molecule has 38 heavy (non-hydrogen) atoms. The summed E-state index contributed by atoms with van der Waals surface area (Å²) in [5, 5.41) is 48.7. The Morgan fingerprint density at radius 1 is 0.842 bits per heavy atom. The molecule has 0 radical (unpaired) electrons. The molecule has 2 amide bonds. The standard InChI is InChI=1S/C26H30Cl2N2O7S/c27-15-8-4-13(5-9-15)24(35)29-17-2-1-3-19(21(17)32)38-26-23(34)20(22(33)18(12-31)37-26)30-25(36)14-6-10-16(28)11-7-14/h4-11,17-23,26,31-34H,1-3,12H2,(H,29,35)(H,30,36)/t17?,18-,19?,20+,21?,22+,23-,26+/m1/s1. The number of aliphatic hydroxyl groups excluding tert-OH is 4. The normalized spacial score (nSPS) is 31.4. The van der Waals surface area contributed by atoms with Gasteiger partial charge in [-0.15, -0.1) is 11.8 Å². The van der Waals surface area contributed by atoms with Crippen LogP contribution in [0.15, 0.2) is 48.5 Å². The summed E-state index contributed by atoms with van der Waals surface area (Å²) in [6, 6.07) is 10.9. The van der Waals surface area contributed by atoms with E-state index in [1.165, 1.54) is 12.1 Å². The molecule has 4 rings (SSSR count). The van der Waals surface area contributed by atoms with Gasteiger partial charge in [-0.3, -0.25) is 9.59 Å². The maximum absolute atomic E-state index is 12.8. The third-order valence-corrected chi connectivity index (χ3v) is 8.84. The van der Waals surface area contributed by atoms with Crippen LogP contribution in [-0.2, 0) is 4.74 Å². The summed E-state index contributed by atoms with van der Waals surface area (Å²) in [6.45, 7) is -0.536. The van der Waals surface area contributed by atoms with Gasteiger partial charge in [-0.2, -0.15) is 0 Å². The van der Waals surface area contributed by atoms with Crippen LogP contribution in [-0.4, -0.2) is 86.0 Å². The fraction of sp³-hybridized carbons (Fsp3) is 0.462. The molecule has 1 aliphatic heterocycles. The van der Waals surface area contributed by atoms with Crippen molar-refractivity contribution >= 4 is 46.8 Å². The molecule has 0 bridgehead atoms. The van der Waals surface area contributed by atoms with E-state index in [0.29, 0.717) is 34.9 Å². The second-order valence-electron chi connectivity index (χ2n) is 9.40. The van der Waals surface area contributed by atoms with Gasteiger partial charge in [0.25, 0.3) is 11.8 Å². The molecule has 206 valence electrons. The monoisotopic (exact) mass is 584 g/mol. The second kappa shape index (κ2) is 13.0. The fourth-order valence-corrected chi connectivity index (χ4v) is 6.46. The average molecular weight is 586 g/mol. The highest BCUT2D eigenvalue weighted by Gasteiger charge is 2.47. The van der Waals surface area contributed by atoms with Crippen LogP contribution >= 0.6 is 35.0 Å². The fourth-order valence-electron chi connectivity index (χ4n) is 4.68. The zero-order valence-corrected chi connectivity index (χ0v) is 22.6. The quantitative estimate of drug-likeness (QED) is 0.289. The molecule has 1 aliphatic carbocycles. The van der Waals surface area contributed by atoms with E-state index >= 15 is 0 Å². The summed E-state index contributed by atoms with van der Waals surface area (Å²) >= 11 is 12.9. The molecule has 3 unspecified atom stereocenters. The number of aliphatic hydroxyl groups is 4. The zero-order chi connectivity index (χ0) is 27.4. The summed E-state index contributed by atoms with van der Waals surface area (Å²) < 4.78 is 5.77. The van der Waals surface area contributed by atoms with Crippen molar-refractivity contribution in [2.75, 3.05) is 6.61 Å². The van der Waals surface area contributed by atoms with Gasteiger partial charge in [0, 0.05) is 26.4 Å². The summed E-state index contributed by atoms with van der Waals surface area (Å²) in [7, 11) is 0. The van der Waals surface area contributed by atoms with Gasteiger partial charge < -0.3 is 35.8 Å². The van der Waals surface area contributed by atoms with Crippen LogP contribution in [0.1, 0.15) is 40.0 Å². The second-order valence-corrected chi connectivity index (χ2v) is 11.6. The van der Waals surface area contributed by atoms with E-state index in [9.17, 15) is 30.0 Å². The SMILES string of the molecule is O=C(NC1CCCC(S[C@@H]2O[C@H](CO)[C@H](O)[C@H](NC(=O)c3ccc(Cl)cc3)[C@H]2O)C1O)c1ccc(Cl)cc1. The first-order valence-electron chi connectivity index (χ1n) is 12.3. The number of hydrogen-bond acceptors (Lipinski definition) is 8. The molecule has 0 aromatic heterocycles. The van der Waals surface area contributed by atoms with Gasteiger partial charge in [-0.25, -0.2) is 0 Å². The highest BCUT2D eigenvalue weighted by molar-refractivity contribution is 8.00. The maximum atomic E-state index is 12.8. The van der Waals surface area contributed by atoms with Crippen LogP contribution in [0.4, 0.5) is 0 Å². The third-order valence-electron chi connectivity index (χ3n) is 6.82. The van der Waals surface area contributed by atoms with Crippen molar-refractivity contribution in [1.29, 1.82) is 0 Å². The number of benzene rings is 2. The first kappa shape index (κ1) is 29.1. The largest absolute Gasteiger partial charge is 0.394 e. The highest BCUT2D eigenvalue weighted by Crippen LogP contribution is 2.37. The lowest BCUT2D eigenvalue weighted by Gasteiger charge is -2.44.